The van der Waals surface area contributed by atoms with Crippen LogP contribution in [0.25, 0.3) is 0 Å². The molecule has 0 spiro atoms. The van der Waals surface area contributed by atoms with Crippen LogP contribution in [0.3, 0.4) is 0 Å². The molecule has 1 aliphatic heterocycles. The van der Waals surface area contributed by atoms with Gasteiger partial charge in [0.1, 0.15) is 0 Å². The van der Waals surface area contributed by atoms with Crippen LogP contribution in [0.5, 0.6) is 0 Å². The van der Waals surface area contributed by atoms with Crippen LogP contribution >= 0.6 is 22.9 Å². The van der Waals surface area contributed by atoms with Gasteiger partial charge in [0, 0.05) is 30.6 Å². The molecule has 25 heavy (non-hydrogen) atoms. The Morgan fingerprint density at radius 3 is 2.52 bits per heavy atom. The first kappa shape index (κ1) is 18.0. The number of thiophene rings is 1. The third-order valence-corrected chi connectivity index (χ3v) is 5.54. The number of likely N-dealkylation sites (tertiary alicyclic amines) is 1. The van der Waals surface area contributed by atoms with E-state index < -0.39 is 0 Å². The van der Waals surface area contributed by atoms with Crippen molar-refractivity contribution in [2.45, 2.75) is 31.7 Å². The number of hydrogen-bond acceptors (Lipinski definition) is 3. The Bertz CT molecular complexity index is 708. The first-order valence-electron chi connectivity index (χ1n) is 8.48. The maximum atomic E-state index is 12.3. The summed E-state index contributed by atoms with van der Waals surface area (Å²) in [7, 11) is 0. The maximum absolute atomic E-state index is 12.3. The van der Waals surface area contributed by atoms with E-state index in [-0.39, 0.29) is 17.9 Å². The van der Waals surface area contributed by atoms with Gasteiger partial charge in [-0.15, -0.1) is 11.3 Å². The lowest BCUT2D eigenvalue weighted by molar-refractivity contribution is -0.122. The Balaban J connectivity index is 1.40. The molecule has 132 valence electrons. The Kier molecular flexibility index (Phi) is 6.10. The number of nitrogens with zero attached hydrogens (tertiary/aromatic N) is 1. The Hall–Kier alpha value is -1.85. The van der Waals surface area contributed by atoms with E-state index in [0.29, 0.717) is 31.0 Å². The second-order valence-electron chi connectivity index (χ2n) is 6.24. The molecule has 0 saturated carbocycles. The van der Waals surface area contributed by atoms with Gasteiger partial charge in [0.15, 0.2) is 0 Å². The SMILES string of the molecule is O=C(CCc1ccc(Cl)cc1)NC1CCN(C(=O)c2cccs2)CC1. The predicted octanol–water partition coefficient (Wildman–Crippen LogP) is 3.76. The highest BCUT2D eigenvalue weighted by atomic mass is 35.5. The second-order valence-corrected chi connectivity index (χ2v) is 7.62. The van der Waals surface area contributed by atoms with Gasteiger partial charge in [-0.3, -0.25) is 9.59 Å². The van der Waals surface area contributed by atoms with Gasteiger partial charge in [0.2, 0.25) is 5.91 Å². The van der Waals surface area contributed by atoms with E-state index in [9.17, 15) is 9.59 Å². The Labute approximate surface area is 156 Å². The standard InChI is InChI=1S/C19H21ClN2O2S/c20-15-6-3-14(4-7-15)5-8-18(23)21-16-9-11-22(12-10-16)19(24)17-2-1-13-25-17/h1-4,6-7,13,16H,5,8-12H2,(H,21,23). The van der Waals surface area contributed by atoms with Crippen LogP contribution in [0.4, 0.5) is 0 Å². The fourth-order valence-electron chi connectivity index (χ4n) is 2.99. The molecule has 0 unspecified atom stereocenters. The van der Waals surface area contributed by atoms with Crippen LogP contribution in [0.1, 0.15) is 34.5 Å². The molecule has 1 saturated heterocycles. The number of piperidine rings is 1. The van der Waals surface area contributed by atoms with Crippen LogP contribution in [0.15, 0.2) is 41.8 Å². The second kappa shape index (κ2) is 8.50. The fourth-order valence-corrected chi connectivity index (χ4v) is 3.81. The highest BCUT2D eigenvalue weighted by molar-refractivity contribution is 7.12. The number of benzene rings is 1. The molecule has 3 rings (SSSR count). The number of rotatable bonds is 5. The van der Waals surface area contributed by atoms with Crippen LogP contribution in [0.2, 0.25) is 5.02 Å². The lowest BCUT2D eigenvalue weighted by atomic mass is 10.0. The van der Waals surface area contributed by atoms with E-state index in [1.807, 2.05) is 46.7 Å². The molecule has 1 aromatic carbocycles. The molecule has 6 heteroatoms. The maximum Gasteiger partial charge on any atom is 0.263 e. The van der Waals surface area contributed by atoms with E-state index in [2.05, 4.69) is 5.32 Å². The summed E-state index contributed by atoms with van der Waals surface area (Å²) in [6, 6.07) is 11.5. The minimum Gasteiger partial charge on any atom is -0.353 e. The van der Waals surface area contributed by atoms with Crippen molar-refractivity contribution in [3.63, 3.8) is 0 Å². The molecule has 0 atom stereocenters. The normalized spacial score (nSPS) is 15.2. The first-order valence-corrected chi connectivity index (χ1v) is 9.74. The monoisotopic (exact) mass is 376 g/mol. The summed E-state index contributed by atoms with van der Waals surface area (Å²) in [4.78, 5) is 27.1. The van der Waals surface area contributed by atoms with E-state index >= 15 is 0 Å². The molecule has 0 bridgehead atoms. The molecule has 4 nitrogen and oxygen atoms in total. The summed E-state index contributed by atoms with van der Waals surface area (Å²) in [5.74, 6) is 0.167. The predicted molar refractivity (Wildman–Crippen MR) is 101 cm³/mol. The highest BCUT2D eigenvalue weighted by Gasteiger charge is 2.24. The average molecular weight is 377 g/mol. The smallest absolute Gasteiger partial charge is 0.263 e. The number of carbonyl (C=O) groups excluding carboxylic acids is 2. The van der Waals surface area contributed by atoms with E-state index in [0.717, 1.165) is 23.3 Å². The number of amides is 2. The summed E-state index contributed by atoms with van der Waals surface area (Å²) in [5, 5.41) is 5.72. The van der Waals surface area contributed by atoms with E-state index in [4.69, 9.17) is 11.6 Å². The van der Waals surface area contributed by atoms with Crippen molar-refractivity contribution in [3.05, 3.63) is 57.2 Å². The van der Waals surface area contributed by atoms with Gasteiger partial charge >= 0.3 is 0 Å². The fraction of sp³-hybridized carbons (Fsp3) is 0.368. The first-order chi connectivity index (χ1) is 12.1. The summed E-state index contributed by atoms with van der Waals surface area (Å²) in [6.45, 7) is 1.39. The number of aryl methyl sites for hydroxylation is 1. The molecule has 1 fully saturated rings. The van der Waals surface area contributed by atoms with Crippen molar-refractivity contribution in [1.29, 1.82) is 0 Å². The van der Waals surface area contributed by atoms with E-state index in [1.54, 1.807) is 0 Å². The summed E-state index contributed by atoms with van der Waals surface area (Å²) >= 11 is 7.34. The number of halogens is 1. The number of nitrogens with one attached hydrogen (secondary N) is 1. The third kappa shape index (κ3) is 5.06. The van der Waals surface area contributed by atoms with Gasteiger partial charge in [-0.1, -0.05) is 29.8 Å². The van der Waals surface area contributed by atoms with Crippen LogP contribution in [-0.2, 0) is 11.2 Å². The molecule has 2 aromatic rings. The third-order valence-electron chi connectivity index (χ3n) is 4.43. The zero-order valence-corrected chi connectivity index (χ0v) is 15.5. The minimum atomic E-state index is 0.0676. The average Bonchev–Trinajstić information content (AvgIpc) is 3.16. The van der Waals surface area contributed by atoms with E-state index in [1.165, 1.54) is 11.3 Å². The van der Waals surface area contributed by atoms with Gasteiger partial charge < -0.3 is 10.2 Å². The number of carbonyl (C=O) groups is 2. The van der Waals surface area contributed by atoms with Crippen LogP contribution < -0.4 is 5.32 Å². The Morgan fingerprint density at radius 2 is 1.88 bits per heavy atom. The quantitative estimate of drug-likeness (QED) is 0.863. The molecule has 1 N–H and O–H groups in total. The zero-order chi connectivity index (χ0) is 17.6. The van der Waals surface area contributed by atoms with Gasteiger partial charge in [-0.05, 0) is 48.4 Å². The summed E-state index contributed by atoms with van der Waals surface area (Å²) in [5.41, 5.74) is 1.11. The molecule has 0 radical (unpaired) electrons. The molecule has 0 aliphatic carbocycles. The minimum absolute atomic E-state index is 0.0676. The van der Waals surface area contributed by atoms with Crippen molar-refractivity contribution in [2.24, 2.45) is 0 Å². The van der Waals surface area contributed by atoms with Crippen molar-refractivity contribution in [3.8, 4) is 0 Å². The molecule has 1 aromatic heterocycles. The molecule has 2 heterocycles. The summed E-state index contributed by atoms with van der Waals surface area (Å²) in [6.07, 6.45) is 2.79. The molecule has 1 aliphatic rings. The topological polar surface area (TPSA) is 49.4 Å². The molecular formula is C19H21ClN2O2S. The van der Waals surface area contributed by atoms with Gasteiger partial charge in [-0.2, -0.15) is 0 Å². The lowest BCUT2D eigenvalue weighted by Crippen LogP contribution is -2.46. The van der Waals surface area contributed by atoms with Crippen molar-refractivity contribution in [2.75, 3.05) is 13.1 Å². The molecular weight excluding hydrogens is 356 g/mol. The zero-order valence-electron chi connectivity index (χ0n) is 13.9. The van der Waals surface area contributed by atoms with Crippen molar-refractivity contribution < 1.29 is 9.59 Å². The van der Waals surface area contributed by atoms with Crippen molar-refractivity contribution >= 4 is 34.8 Å². The van der Waals surface area contributed by atoms with Crippen LogP contribution in [-0.4, -0.2) is 35.8 Å². The van der Waals surface area contributed by atoms with Gasteiger partial charge in [-0.25, -0.2) is 0 Å². The van der Waals surface area contributed by atoms with Gasteiger partial charge in [0.05, 0.1) is 4.88 Å². The van der Waals surface area contributed by atoms with Gasteiger partial charge in [0.25, 0.3) is 5.91 Å². The van der Waals surface area contributed by atoms with Crippen molar-refractivity contribution in [1.82, 2.24) is 10.2 Å². The highest BCUT2D eigenvalue weighted by Crippen LogP contribution is 2.17. The Morgan fingerprint density at radius 1 is 1.16 bits per heavy atom. The summed E-state index contributed by atoms with van der Waals surface area (Å²) < 4.78 is 0. The lowest BCUT2D eigenvalue weighted by Gasteiger charge is -2.32. The van der Waals surface area contributed by atoms with Crippen LogP contribution in [0, 0.1) is 0 Å². The largest absolute Gasteiger partial charge is 0.353 e. The number of hydrogen-bond donors (Lipinski definition) is 1. The molecule has 2 amide bonds.